The number of hydrogen-bond acceptors (Lipinski definition) is 7. The molecule has 0 aromatic rings. The molecule has 10 N–H and O–H groups in total. The second-order valence-electron chi connectivity index (χ2n) is 6.64. The van der Waals surface area contributed by atoms with Gasteiger partial charge in [-0.2, -0.15) is 12.6 Å². The number of carboxylic acid groups (broad SMARTS) is 1. The fourth-order valence-corrected chi connectivity index (χ4v) is 2.41. The SMILES string of the molecule is CC(C)C(NC(=O)CNC(=O)C(CS)NC(=O)C(N)CCCN=C(N)N)C(=O)O. The molecule has 29 heavy (non-hydrogen) atoms. The highest BCUT2D eigenvalue weighted by atomic mass is 32.1. The van der Waals surface area contributed by atoms with Crippen LogP contribution in [-0.2, 0) is 19.2 Å². The second kappa shape index (κ2) is 13.6. The predicted molar refractivity (Wildman–Crippen MR) is 111 cm³/mol. The van der Waals surface area contributed by atoms with Crippen molar-refractivity contribution in [2.45, 2.75) is 44.8 Å². The van der Waals surface area contributed by atoms with Crippen molar-refractivity contribution in [3.63, 3.8) is 0 Å². The average Bonchev–Trinajstić information content (AvgIpc) is 2.64. The Kier molecular flexibility index (Phi) is 12.4. The van der Waals surface area contributed by atoms with Crippen LogP contribution in [0.5, 0.6) is 0 Å². The molecule has 12 nitrogen and oxygen atoms in total. The molecule has 0 saturated heterocycles. The number of carbonyl (C=O) groups is 4. The highest BCUT2D eigenvalue weighted by Crippen LogP contribution is 2.01. The highest BCUT2D eigenvalue weighted by Gasteiger charge is 2.25. The van der Waals surface area contributed by atoms with Gasteiger partial charge < -0.3 is 38.3 Å². The summed E-state index contributed by atoms with van der Waals surface area (Å²) < 4.78 is 0. The van der Waals surface area contributed by atoms with Crippen LogP contribution in [0.25, 0.3) is 0 Å². The van der Waals surface area contributed by atoms with Gasteiger partial charge in [-0.3, -0.25) is 19.4 Å². The molecule has 0 saturated carbocycles. The molecule has 0 radical (unpaired) electrons. The lowest BCUT2D eigenvalue weighted by molar-refractivity contribution is -0.143. The Morgan fingerprint density at radius 1 is 1.10 bits per heavy atom. The summed E-state index contributed by atoms with van der Waals surface area (Å²) in [6.45, 7) is 3.16. The van der Waals surface area contributed by atoms with E-state index in [2.05, 4.69) is 33.6 Å². The first-order valence-corrected chi connectivity index (χ1v) is 9.64. The molecular weight excluding hydrogens is 402 g/mol. The van der Waals surface area contributed by atoms with Gasteiger partial charge in [0.25, 0.3) is 0 Å². The third-order valence-corrected chi connectivity index (χ3v) is 4.16. The summed E-state index contributed by atoms with van der Waals surface area (Å²) in [7, 11) is 0. The van der Waals surface area contributed by atoms with Gasteiger partial charge in [0.2, 0.25) is 17.7 Å². The first-order valence-electron chi connectivity index (χ1n) is 9.01. The zero-order valence-corrected chi connectivity index (χ0v) is 17.4. The molecule has 0 aromatic heterocycles. The number of guanidine groups is 1. The van der Waals surface area contributed by atoms with Crippen LogP contribution >= 0.6 is 12.6 Å². The molecule has 3 unspecified atom stereocenters. The zero-order chi connectivity index (χ0) is 22.6. The molecule has 0 aromatic carbocycles. The first kappa shape index (κ1) is 26.5. The van der Waals surface area contributed by atoms with Crippen LogP contribution < -0.4 is 33.2 Å². The Balaban J connectivity index is 4.50. The maximum Gasteiger partial charge on any atom is 0.326 e. The summed E-state index contributed by atoms with van der Waals surface area (Å²) in [5, 5.41) is 16.2. The van der Waals surface area contributed by atoms with Gasteiger partial charge in [0.1, 0.15) is 12.1 Å². The smallest absolute Gasteiger partial charge is 0.326 e. The van der Waals surface area contributed by atoms with Gasteiger partial charge in [0.05, 0.1) is 12.6 Å². The van der Waals surface area contributed by atoms with Crippen LogP contribution in [0.4, 0.5) is 0 Å². The number of rotatable bonds is 13. The van der Waals surface area contributed by atoms with E-state index in [-0.39, 0.29) is 17.6 Å². The Labute approximate surface area is 174 Å². The van der Waals surface area contributed by atoms with Crippen molar-refractivity contribution >= 4 is 42.3 Å². The summed E-state index contributed by atoms with van der Waals surface area (Å²) >= 11 is 4.02. The van der Waals surface area contributed by atoms with Gasteiger partial charge in [-0.15, -0.1) is 0 Å². The van der Waals surface area contributed by atoms with Crippen LogP contribution in [0.3, 0.4) is 0 Å². The number of nitrogens with two attached hydrogens (primary N) is 3. The van der Waals surface area contributed by atoms with E-state index in [9.17, 15) is 19.2 Å². The van der Waals surface area contributed by atoms with Gasteiger partial charge in [-0.05, 0) is 18.8 Å². The number of carboxylic acids is 1. The van der Waals surface area contributed by atoms with Gasteiger partial charge in [-0.25, -0.2) is 4.79 Å². The molecule has 0 aliphatic heterocycles. The number of amides is 3. The number of hydrogen-bond donors (Lipinski definition) is 8. The van der Waals surface area contributed by atoms with Crippen molar-refractivity contribution in [3.05, 3.63) is 0 Å². The predicted octanol–water partition coefficient (Wildman–Crippen LogP) is -2.88. The number of carbonyl (C=O) groups excluding carboxylic acids is 3. The fraction of sp³-hybridized carbons (Fsp3) is 0.688. The molecule has 3 amide bonds. The van der Waals surface area contributed by atoms with Gasteiger partial charge in [0, 0.05) is 12.3 Å². The molecule has 0 heterocycles. The van der Waals surface area contributed by atoms with Gasteiger partial charge >= 0.3 is 5.97 Å². The maximum absolute atomic E-state index is 12.2. The molecule has 0 fully saturated rings. The van der Waals surface area contributed by atoms with Crippen molar-refractivity contribution in [1.29, 1.82) is 0 Å². The van der Waals surface area contributed by atoms with Crippen LogP contribution in [0, 0.1) is 5.92 Å². The number of aliphatic carboxylic acids is 1. The minimum absolute atomic E-state index is 0.0241. The minimum atomic E-state index is -1.17. The topological polar surface area (TPSA) is 215 Å². The lowest BCUT2D eigenvalue weighted by Crippen LogP contribution is -2.54. The lowest BCUT2D eigenvalue weighted by atomic mass is 10.1. The fourth-order valence-electron chi connectivity index (χ4n) is 2.15. The van der Waals surface area contributed by atoms with Crippen molar-refractivity contribution in [3.8, 4) is 0 Å². The number of thiol groups is 1. The highest BCUT2D eigenvalue weighted by molar-refractivity contribution is 7.80. The lowest BCUT2D eigenvalue weighted by Gasteiger charge is -2.20. The van der Waals surface area contributed by atoms with Gasteiger partial charge in [0.15, 0.2) is 5.96 Å². The van der Waals surface area contributed by atoms with Crippen molar-refractivity contribution in [2.75, 3.05) is 18.8 Å². The van der Waals surface area contributed by atoms with E-state index in [1.54, 1.807) is 13.8 Å². The number of aliphatic imine (C=N–C) groups is 1. The Morgan fingerprint density at radius 3 is 2.21 bits per heavy atom. The zero-order valence-electron chi connectivity index (χ0n) is 16.6. The molecule has 0 bridgehead atoms. The second-order valence-corrected chi connectivity index (χ2v) is 7.01. The molecule has 3 atom stereocenters. The molecule has 0 rings (SSSR count). The first-order chi connectivity index (χ1) is 13.5. The molecule has 13 heteroatoms. The van der Waals surface area contributed by atoms with E-state index >= 15 is 0 Å². The molecule has 0 spiro atoms. The summed E-state index contributed by atoms with van der Waals surface area (Å²) in [5.41, 5.74) is 16.2. The Bertz CT molecular complexity index is 610. The van der Waals surface area contributed by atoms with E-state index in [1.165, 1.54) is 0 Å². The summed E-state index contributed by atoms with van der Waals surface area (Å²) in [5.74, 6) is -3.45. The summed E-state index contributed by atoms with van der Waals surface area (Å²) in [6, 6.07) is -2.95. The number of nitrogens with zero attached hydrogens (tertiary/aromatic N) is 1. The van der Waals surface area contributed by atoms with E-state index in [0.717, 1.165) is 0 Å². The molecular formula is C16H31N7O5S. The quantitative estimate of drug-likeness (QED) is 0.0651. The van der Waals surface area contributed by atoms with Crippen molar-refractivity contribution in [1.82, 2.24) is 16.0 Å². The molecule has 0 aliphatic carbocycles. The van der Waals surface area contributed by atoms with Crippen LogP contribution in [0.1, 0.15) is 26.7 Å². The summed E-state index contributed by atoms with van der Waals surface area (Å²) in [6.07, 6.45) is 0.780. The van der Waals surface area contributed by atoms with E-state index < -0.39 is 48.4 Å². The standard InChI is InChI=1S/C16H31N7O5S/c1-8(2)12(15(27)28)23-11(24)6-21-14(26)10(7-29)22-13(25)9(17)4-3-5-20-16(18)19/h8-10,12,29H,3-7,17H2,1-2H3,(H,21,26)(H,22,25)(H,23,24)(H,27,28)(H4,18,19,20). The Morgan fingerprint density at radius 2 is 1.72 bits per heavy atom. The summed E-state index contributed by atoms with van der Waals surface area (Å²) in [4.78, 5) is 51.0. The monoisotopic (exact) mass is 433 g/mol. The van der Waals surface area contributed by atoms with Crippen LogP contribution in [0.2, 0.25) is 0 Å². The van der Waals surface area contributed by atoms with E-state index in [4.69, 9.17) is 22.3 Å². The van der Waals surface area contributed by atoms with E-state index in [1.807, 2.05) is 0 Å². The normalized spacial score (nSPS) is 13.7. The molecule has 166 valence electrons. The van der Waals surface area contributed by atoms with E-state index in [0.29, 0.717) is 19.4 Å². The van der Waals surface area contributed by atoms with Crippen LogP contribution in [0.15, 0.2) is 4.99 Å². The largest absolute Gasteiger partial charge is 0.480 e. The number of nitrogens with one attached hydrogen (secondary N) is 3. The van der Waals surface area contributed by atoms with Crippen molar-refractivity contribution in [2.24, 2.45) is 28.1 Å². The molecule has 0 aliphatic rings. The van der Waals surface area contributed by atoms with Crippen molar-refractivity contribution < 1.29 is 24.3 Å². The third kappa shape index (κ3) is 11.1. The van der Waals surface area contributed by atoms with Crippen LogP contribution in [-0.4, -0.2) is 71.7 Å². The average molecular weight is 434 g/mol. The third-order valence-electron chi connectivity index (χ3n) is 3.79. The minimum Gasteiger partial charge on any atom is -0.480 e. The Hall–Kier alpha value is -2.54. The van der Waals surface area contributed by atoms with Gasteiger partial charge in [-0.1, -0.05) is 13.8 Å². The maximum atomic E-state index is 12.2.